The molecule has 0 aromatic heterocycles. The van der Waals surface area contributed by atoms with Crippen LogP contribution in [0.1, 0.15) is 38.2 Å². The zero-order chi connectivity index (χ0) is 12.1. The molecule has 0 radical (unpaired) electrons. The highest BCUT2D eigenvalue weighted by atomic mass is 32.1. The molecule has 0 aliphatic heterocycles. The van der Waals surface area contributed by atoms with Crippen molar-refractivity contribution in [1.29, 1.82) is 0 Å². The van der Waals surface area contributed by atoms with E-state index in [-0.39, 0.29) is 0 Å². The summed E-state index contributed by atoms with van der Waals surface area (Å²) in [6.07, 6.45) is 6.22. The number of thiocarbonyl (C=S) groups is 1. The summed E-state index contributed by atoms with van der Waals surface area (Å²) in [5, 5.41) is 7.37. The van der Waals surface area contributed by atoms with Crippen LogP contribution in [-0.4, -0.2) is 11.2 Å². The lowest BCUT2D eigenvalue weighted by molar-refractivity contribution is 0.634. The van der Waals surface area contributed by atoms with Gasteiger partial charge in [-0.2, -0.15) is 0 Å². The maximum absolute atomic E-state index is 5.31. The summed E-state index contributed by atoms with van der Waals surface area (Å²) in [4.78, 5) is 0. The van der Waals surface area contributed by atoms with Crippen LogP contribution in [0.2, 0.25) is 0 Å². The van der Waals surface area contributed by atoms with Crippen LogP contribution in [0.25, 0.3) is 0 Å². The molecular weight excluding hydrogens is 228 g/mol. The zero-order valence-corrected chi connectivity index (χ0v) is 11.1. The highest BCUT2D eigenvalue weighted by Gasteiger charge is 2.15. The van der Waals surface area contributed by atoms with Crippen LogP contribution in [-0.2, 0) is 6.42 Å². The first-order valence-corrected chi connectivity index (χ1v) is 6.85. The standard InChI is InChI=1S/C14H20N2S/c1-2-11-7-9-13(10-8-11)16-14(17)15-12-5-3-4-6-12/h7-10,12H,2-6H2,1H3,(H2,15,16,17). The predicted molar refractivity (Wildman–Crippen MR) is 77.4 cm³/mol. The van der Waals surface area contributed by atoms with E-state index in [1.807, 2.05) is 0 Å². The fourth-order valence-electron chi connectivity index (χ4n) is 2.25. The first-order chi connectivity index (χ1) is 8.28. The maximum atomic E-state index is 5.31. The van der Waals surface area contributed by atoms with Gasteiger partial charge in [0.1, 0.15) is 0 Å². The van der Waals surface area contributed by atoms with Crippen molar-refractivity contribution in [2.75, 3.05) is 5.32 Å². The fourth-order valence-corrected chi connectivity index (χ4v) is 2.53. The topological polar surface area (TPSA) is 24.1 Å². The highest BCUT2D eigenvalue weighted by molar-refractivity contribution is 7.80. The van der Waals surface area contributed by atoms with E-state index in [4.69, 9.17) is 12.2 Å². The molecule has 0 bridgehead atoms. The fraction of sp³-hybridized carbons (Fsp3) is 0.500. The molecule has 3 heteroatoms. The van der Waals surface area contributed by atoms with E-state index in [1.165, 1.54) is 31.2 Å². The Bertz CT molecular complexity index is 366. The number of benzene rings is 1. The average molecular weight is 248 g/mol. The highest BCUT2D eigenvalue weighted by Crippen LogP contribution is 2.18. The molecule has 92 valence electrons. The Kier molecular flexibility index (Phi) is 4.37. The van der Waals surface area contributed by atoms with Crippen molar-refractivity contribution in [3.63, 3.8) is 0 Å². The van der Waals surface area contributed by atoms with Gasteiger partial charge in [0.05, 0.1) is 0 Å². The van der Waals surface area contributed by atoms with Crippen molar-refractivity contribution < 1.29 is 0 Å². The minimum absolute atomic E-state index is 0.574. The van der Waals surface area contributed by atoms with Gasteiger partial charge in [0.15, 0.2) is 5.11 Å². The Morgan fingerprint density at radius 1 is 1.24 bits per heavy atom. The molecule has 1 saturated carbocycles. The van der Waals surface area contributed by atoms with Crippen molar-refractivity contribution in [2.24, 2.45) is 0 Å². The summed E-state index contributed by atoms with van der Waals surface area (Å²) in [7, 11) is 0. The van der Waals surface area contributed by atoms with Crippen molar-refractivity contribution >= 4 is 23.0 Å². The van der Waals surface area contributed by atoms with E-state index in [2.05, 4.69) is 41.8 Å². The number of rotatable bonds is 3. The van der Waals surface area contributed by atoms with Gasteiger partial charge in [0.25, 0.3) is 0 Å². The lowest BCUT2D eigenvalue weighted by atomic mass is 10.1. The van der Waals surface area contributed by atoms with Crippen LogP contribution < -0.4 is 10.6 Å². The molecule has 1 aliphatic carbocycles. The van der Waals surface area contributed by atoms with Crippen molar-refractivity contribution in [3.05, 3.63) is 29.8 Å². The first kappa shape index (κ1) is 12.4. The van der Waals surface area contributed by atoms with Gasteiger partial charge in [-0.05, 0) is 49.2 Å². The SMILES string of the molecule is CCc1ccc(NC(=S)NC2CCCC2)cc1. The Morgan fingerprint density at radius 2 is 1.88 bits per heavy atom. The number of aryl methyl sites for hydroxylation is 1. The zero-order valence-electron chi connectivity index (χ0n) is 10.3. The van der Waals surface area contributed by atoms with Gasteiger partial charge >= 0.3 is 0 Å². The number of nitrogens with one attached hydrogen (secondary N) is 2. The molecule has 0 unspecified atom stereocenters. The third kappa shape index (κ3) is 3.70. The minimum atomic E-state index is 0.574. The second-order valence-electron chi connectivity index (χ2n) is 4.63. The molecule has 17 heavy (non-hydrogen) atoms. The Hall–Kier alpha value is -1.09. The normalized spacial score (nSPS) is 15.8. The van der Waals surface area contributed by atoms with E-state index in [9.17, 15) is 0 Å². The maximum Gasteiger partial charge on any atom is 0.170 e. The lowest BCUT2D eigenvalue weighted by Gasteiger charge is -2.15. The molecule has 0 spiro atoms. The average Bonchev–Trinajstić information content (AvgIpc) is 2.82. The Balaban J connectivity index is 1.84. The van der Waals surface area contributed by atoms with E-state index < -0.39 is 0 Å². The largest absolute Gasteiger partial charge is 0.360 e. The van der Waals surface area contributed by atoms with E-state index in [1.54, 1.807) is 0 Å². The Labute approximate surface area is 109 Å². The molecule has 2 rings (SSSR count). The van der Waals surface area contributed by atoms with Crippen molar-refractivity contribution in [1.82, 2.24) is 5.32 Å². The second kappa shape index (κ2) is 6.01. The third-order valence-electron chi connectivity index (χ3n) is 3.31. The predicted octanol–water partition coefficient (Wildman–Crippen LogP) is 3.48. The molecular formula is C14H20N2S. The molecule has 0 saturated heterocycles. The molecule has 1 aliphatic rings. The quantitative estimate of drug-likeness (QED) is 0.801. The molecule has 2 nitrogen and oxygen atoms in total. The van der Waals surface area contributed by atoms with Crippen LogP contribution in [0.3, 0.4) is 0 Å². The van der Waals surface area contributed by atoms with E-state index in [0.717, 1.165) is 17.2 Å². The van der Waals surface area contributed by atoms with Gasteiger partial charge in [-0.3, -0.25) is 0 Å². The van der Waals surface area contributed by atoms with Crippen LogP contribution in [0, 0.1) is 0 Å². The first-order valence-electron chi connectivity index (χ1n) is 6.44. The molecule has 1 aromatic rings. The van der Waals surface area contributed by atoms with Crippen LogP contribution in [0.4, 0.5) is 5.69 Å². The summed E-state index contributed by atoms with van der Waals surface area (Å²) in [6.45, 7) is 2.16. The lowest BCUT2D eigenvalue weighted by Crippen LogP contribution is -2.35. The minimum Gasteiger partial charge on any atom is -0.360 e. The molecule has 2 N–H and O–H groups in total. The summed E-state index contributed by atoms with van der Waals surface area (Å²) in [6, 6.07) is 9.02. The molecule has 1 fully saturated rings. The van der Waals surface area contributed by atoms with Gasteiger partial charge in [-0.15, -0.1) is 0 Å². The van der Waals surface area contributed by atoms with Crippen LogP contribution in [0.5, 0.6) is 0 Å². The summed E-state index contributed by atoms with van der Waals surface area (Å²) < 4.78 is 0. The summed E-state index contributed by atoms with van der Waals surface area (Å²) >= 11 is 5.31. The van der Waals surface area contributed by atoms with Gasteiger partial charge < -0.3 is 10.6 Å². The molecule has 0 atom stereocenters. The molecule has 1 aromatic carbocycles. The molecule has 0 heterocycles. The van der Waals surface area contributed by atoms with Gasteiger partial charge in [-0.25, -0.2) is 0 Å². The third-order valence-corrected chi connectivity index (χ3v) is 3.53. The number of hydrogen-bond donors (Lipinski definition) is 2. The Morgan fingerprint density at radius 3 is 2.47 bits per heavy atom. The number of anilines is 1. The van der Waals surface area contributed by atoms with Crippen LogP contribution >= 0.6 is 12.2 Å². The van der Waals surface area contributed by atoms with Gasteiger partial charge in [0.2, 0.25) is 0 Å². The summed E-state index contributed by atoms with van der Waals surface area (Å²) in [5.41, 5.74) is 2.42. The van der Waals surface area contributed by atoms with Gasteiger partial charge in [-0.1, -0.05) is 31.9 Å². The van der Waals surface area contributed by atoms with Crippen molar-refractivity contribution in [3.8, 4) is 0 Å². The van der Waals surface area contributed by atoms with Crippen molar-refractivity contribution in [2.45, 2.75) is 45.1 Å². The van der Waals surface area contributed by atoms with E-state index in [0.29, 0.717) is 6.04 Å². The van der Waals surface area contributed by atoms with E-state index >= 15 is 0 Å². The smallest absolute Gasteiger partial charge is 0.170 e. The second-order valence-corrected chi connectivity index (χ2v) is 5.04. The monoisotopic (exact) mass is 248 g/mol. The molecule has 0 amide bonds. The summed E-state index contributed by atoms with van der Waals surface area (Å²) in [5.74, 6) is 0. The van der Waals surface area contributed by atoms with Gasteiger partial charge in [0, 0.05) is 11.7 Å². The van der Waals surface area contributed by atoms with Crippen LogP contribution in [0.15, 0.2) is 24.3 Å². The number of hydrogen-bond acceptors (Lipinski definition) is 1.